The SMILES string of the molecule is CN(CCOc1ccc(F)cc1)CC(=O)Nc1ccccc1C(=O)NCc1ccccc1. The summed E-state index contributed by atoms with van der Waals surface area (Å²) >= 11 is 0. The first kappa shape index (κ1) is 23.0. The number of amides is 2. The molecule has 2 amide bonds. The van der Waals surface area contributed by atoms with E-state index in [1.54, 1.807) is 48.3 Å². The highest BCUT2D eigenvalue weighted by Gasteiger charge is 2.14. The zero-order valence-electron chi connectivity index (χ0n) is 17.9. The molecule has 0 bridgehead atoms. The maximum atomic E-state index is 12.9. The number of nitrogens with one attached hydrogen (secondary N) is 2. The highest BCUT2D eigenvalue weighted by Crippen LogP contribution is 2.15. The molecule has 0 aromatic heterocycles. The Balaban J connectivity index is 1.47. The van der Waals surface area contributed by atoms with Gasteiger partial charge in [-0.2, -0.15) is 0 Å². The molecule has 0 aliphatic heterocycles. The lowest BCUT2D eigenvalue weighted by atomic mass is 10.1. The molecule has 0 unspecified atom stereocenters. The van der Waals surface area contributed by atoms with E-state index in [-0.39, 0.29) is 24.2 Å². The molecule has 0 saturated heterocycles. The highest BCUT2D eigenvalue weighted by molar-refractivity contribution is 6.04. The van der Waals surface area contributed by atoms with Crippen LogP contribution in [0.3, 0.4) is 0 Å². The molecule has 3 rings (SSSR count). The Hall–Kier alpha value is -3.71. The molecule has 0 heterocycles. The average molecular weight is 435 g/mol. The van der Waals surface area contributed by atoms with Crippen LogP contribution in [-0.2, 0) is 11.3 Å². The number of para-hydroxylation sites is 1. The van der Waals surface area contributed by atoms with Gasteiger partial charge in [0.1, 0.15) is 18.2 Å². The van der Waals surface area contributed by atoms with Crippen LogP contribution in [-0.4, -0.2) is 43.5 Å². The Bertz CT molecular complexity index is 1030. The fourth-order valence-corrected chi connectivity index (χ4v) is 3.03. The molecule has 0 saturated carbocycles. The van der Waals surface area contributed by atoms with Crippen molar-refractivity contribution in [3.63, 3.8) is 0 Å². The summed E-state index contributed by atoms with van der Waals surface area (Å²) in [7, 11) is 1.80. The molecule has 0 spiro atoms. The Morgan fingerprint density at radius 2 is 1.62 bits per heavy atom. The molecule has 0 aliphatic carbocycles. The van der Waals surface area contributed by atoms with Crippen molar-refractivity contribution >= 4 is 17.5 Å². The van der Waals surface area contributed by atoms with Crippen LogP contribution >= 0.6 is 0 Å². The first-order chi connectivity index (χ1) is 15.5. The summed E-state index contributed by atoms with van der Waals surface area (Å²) in [6.07, 6.45) is 0. The summed E-state index contributed by atoms with van der Waals surface area (Å²) in [5, 5.41) is 5.69. The fourth-order valence-electron chi connectivity index (χ4n) is 3.03. The Kier molecular flexibility index (Phi) is 8.34. The third kappa shape index (κ3) is 7.21. The monoisotopic (exact) mass is 435 g/mol. The number of carbonyl (C=O) groups excluding carboxylic acids is 2. The molecule has 32 heavy (non-hydrogen) atoms. The molecule has 3 aromatic carbocycles. The quantitative estimate of drug-likeness (QED) is 0.509. The predicted octanol–water partition coefficient (Wildman–Crippen LogP) is 3.71. The zero-order chi connectivity index (χ0) is 22.8. The number of halogens is 1. The highest BCUT2D eigenvalue weighted by atomic mass is 19.1. The van der Waals surface area contributed by atoms with Gasteiger partial charge in [0, 0.05) is 13.1 Å². The van der Waals surface area contributed by atoms with Crippen molar-refractivity contribution in [2.24, 2.45) is 0 Å². The maximum absolute atomic E-state index is 12.9. The van der Waals surface area contributed by atoms with Gasteiger partial charge in [-0.3, -0.25) is 14.5 Å². The third-order valence-electron chi connectivity index (χ3n) is 4.71. The van der Waals surface area contributed by atoms with Crippen LogP contribution < -0.4 is 15.4 Å². The summed E-state index contributed by atoms with van der Waals surface area (Å²) in [4.78, 5) is 26.9. The number of ether oxygens (including phenoxy) is 1. The lowest BCUT2D eigenvalue weighted by molar-refractivity contribution is -0.117. The molecule has 2 N–H and O–H groups in total. The normalized spacial score (nSPS) is 10.6. The number of hydrogen-bond donors (Lipinski definition) is 2. The van der Waals surface area contributed by atoms with E-state index in [9.17, 15) is 14.0 Å². The maximum Gasteiger partial charge on any atom is 0.253 e. The van der Waals surface area contributed by atoms with Crippen molar-refractivity contribution in [2.45, 2.75) is 6.54 Å². The molecule has 0 radical (unpaired) electrons. The smallest absolute Gasteiger partial charge is 0.253 e. The molecule has 7 heteroatoms. The predicted molar refractivity (Wildman–Crippen MR) is 122 cm³/mol. The van der Waals surface area contributed by atoms with Crippen molar-refractivity contribution in [3.05, 3.63) is 95.8 Å². The number of anilines is 1. The Morgan fingerprint density at radius 1 is 0.938 bits per heavy atom. The Labute approximate surface area is 187 Å². The molecule has 0 atom stereocenters. The van der Waals surface area contributed by atoms with Gasteiger partial charge in [-0.15, -0.1) is 0 Å². The molecule has 3 aromatic rings. The largest absolute Gasteiger partial charge is 0.492 e. The average Bonchev–Trinajstić information content (AvgIpc) is 2.80. The molecule has 0 aliphatic rings. The van der Waals surface area contributed by atoms with E-state index in [2.05, 4.69) is 10.6 Å². The van der Waals surface area contributed by atoms with Crippen molar-refractivity contribution in [1.82, 2.24) is 10.2 Å². The van der Waals surface area contributed by atoms with Crippen LogP contribution in [0.4, 0.5) is 10.1 Å². The van der Waals surface area contributed by atoms with Gasteiger partial charge in [-0.05, 0) is 49.0 Å². The lowest BCUT2D eigenvalue weighted by Crippen LogP contribution is -2.33. The summed E-state index contributed by atoms with van der Waals surface area (Å²) in [5.74, 6) is -0.247. The fraction of sp³-hybridized carbons (Fsp3) is 0.200. The van der Waals surface area contributed by atoms with Crippen LogP contribution in [0.25, 0.3) is 0 Å². The zero-order valence-corrected chi connectivity index (χ0v) is 17.9. The topological polar surface area (TPSA) is 70.7 Å². The van der Waals surface area contributed by atoms with Crippen molar-refractivity contribution in [3.8, 4) is 5.75 Å². The van der Waals surface area contributed by atoms with E-state index in [1.807, 2.05) is 30.3 Å². The van der Waals surface area contributed by atoms with Crippen LogP contribution in [0.15, 0.2) is 78.9 Å². The Morgan fingerprint density at radius 3 is 2.38 bits per heavy atom. The molecular formula is C25H26FN3O3. The molecule has 166 valence electrons. The van der Waals surface area contributed by atoms with Crippen LogP contribution in [0.1, 0.15) is 15.9 Å². The number of likely N-dealkylation sites (N-methyl/N-ethyl adjacent to an activating group) is 1. The van der Waals surface area contributed by atoms with Crippen molar-refractivity contribution in [1.29, 1.82) is 0 Å². The summed E-state index contributed by atoms with van der Waals surface area (Å²) in [6.45, 7) is 1.39. The van der Waals surface area contributed by atoms with Gasteiger partial charge in [0.15, 0.2) is 0 Å². The summed E-state index contributed by atoms with van der Waals surface area (Å²) in [6, 6.07) is 22.3. The van der Waals surface area contributed by atoms with Gasteiger partial charge in [0.2, 0.25) is 5.91 Å². The molecule has 6 nitrogen and oxygen atoms in total. The minimum Gasteiger partial charge on any atom is -0.492 e. The van der Waals surface area contributed by atoms with E-state index in [0.717, 1.165) is 5.56 Å². The van der Waals surface area contributed by atoms with E-state index in [0.29, 0.717) is 36.7 Å². The second-order valence-electron chi connectivity index (χ2n) is 7.30. The van der Waals surface area contributed by atoms with Gasteiger partial charge in [-0.1, -0.05) is 42.5 Å². The second-order valence-corrected chi connectivity index (χ2v) is 7.30. The van der Waals surface area contributed by atoms with Gasteiger partial charge >= 0.3 is 0 Å². The van der Waals surface area contributed by atoms with Gasteiger partial charge in [0.25, 0.3) is 5.91 Å². The minimum absolute atomic E-state index is 0.132. The molecular weight excluding hydrogens is 409 g/mol. The van der Waals surface area contributed by atoms with Gasteiger partial charge in [-0.25, -0.2) is 4.39 Å². The first-order valence-electron chi connectivity index (χ1n) is 10.3. The van der Waals surface area contributed by atoms with Crippen molar-refractivity contribution < 1.29 is 18.7 Å². The first-order valence-corrected chi connectivity index (χ1v) is 10.3. The molecule has 0 fully saturated rings. The standard InChI is InChI=1S/C25H26FN3O3/c1-29(15-16-32-21-13-11-20(26)12-14-21)18-24(30)28-23-10-6-5-9-22(23)25(31)27-17-19-7-3-2-4-8-19/h2-14H,15-18H2,1H3,(H,27,31)(H,28,30). The van der Waals surface area contributed by atoms with Crippen LogP contribution in [0.2, 0.25) is 0 Å². The van der Waals surface area contributed by atoms with Gasteiger partial charge in [0.05, 0.1) is 17.8 Å². The minimum atomic E-state index is -0.319. The number of rotatable bonds is 10. The number of nitrogens with zero attached hydrogens (tertiary/aromatic N) is 1. The number of benzene rings is 3. The third-order valence-corrected chi connectivity index (χ3v) is 4.71. The van der Waals surface area contributed by atoms with E-state index in [1.165, 1.54) is 12.1 Å². The van der Waals surface area contributed by atoms with Crippen molar-refractivity contribution in [2.75, 3.05) is 32.1 Å². The van der Waals surface area contributed by atoms with E-state index < -0.39 is 0 Å². The van der Waals surface area contributed by atoms with Crippen LogP contribution in [0, 0.1) is 5.82 Å². The van der Waals surface area contributed by atoms with E-state index in [4.69, 9.17) is 4.74 Å². The lowest BCUT2D eigenvalue weighted by Gasteiger charge is -2.17. The van der Waals surface area contributed by atoms with Crippen LogP contribution in [0.5, 0.6) is 5.75 Å². The summed E-state index contributed by atoms with van der Waals surface area (Å²) in [5.41, 5.74) is 1.85. The number of hydrogen-bond acceptors (Lipinski definition) is 4. The second kappa shape index (κ2) is 11.6. The number of carbonyl (C=O) groups is 2. The van der Waals surface area contributed by atoms with E-state index >= 15 is 0 Å². The summed E-state index contributed by atoms with van der Waals surface area (Å²) < 4.78 is 18.5. The van der Waals surface area contributed by atoms with Gasteiger partial charge < -0.3 is 15.4 Å².